The van der Waals surface area contributed by atoms with Gasteiger partial charge in [-0.25, -0.2) is 62.3 Å². The van der Waals surface area contributed by atoms with Gasteiger partial charge in [0.1, 0.15) is 36.3 Å². The molecular weight excluding hydrogens is 2010 g/mol. The van der Waals surface area contributed by atoms with Crippen LogP contribution in [0.1, 0.15) is 222 Å². The summed E-state index contributed by atoms with van der Waals surface area (Å²) in [6.45, 7) is 38.8. The van der Waals surface area contributed by atoms with E-state index in [0.29, 0.717) is 76.1 Å². The third kappa shape index (κ3) is 68.7. The zero-order valence-electron chi connectivity index (χ0n) is 83.7. The zero-order chi connectivity index (χ0) is 110. The van der Waals surface area contributed by atoms with Crippen LogP contribution in [0.3, 0.4) is 0 Å². The van der Waals surface area contributed by atoms with E-state index < -0.39 is 212 Å². The van der Waals surface area contributed by atoms with Crippen LogP contribution < -0.4 is 31.9 Å². The summed E-state index contributed by atoms with van der Waals surface area (Å²) in [6, 6.07) is 0.992. The monoisotopic (exact) mass is 2140 g/mol. The first-order valence-corrected chi connectivity index (χ1v) is 49.8. The normalized spacial score (nSPS) is 14.0. The molecule has 1 aliphatic rings. The highest BCUT2D eigenvalue weighted by Gasteiger charge is 2.36. The summed E-state index contributed by atoms with van der Waals surface area (Å²) in [5.41, 5.74) is -0.426. The number of hydrogen-bond donors (Lipinski definition) is 12. The third-order valence-corrected chi connectivity index (χ3v) is 21.6. The summed E-state index contributed by atoms with van der Waals surface area (Å²) in [6.07, 6.45) is -1.52. The van der Waals surface area contributed by atoms with Crippen LogP contribution in [0.5, 0.6) is 0 Å². The van der Waals surface area contributed by atoms with Crippen molar-refractivity contribution in [1.82, 2.24) is 31.9 Å². The predicted octanol–water partition coefficient (Wildman–Crippen LogP) is 10.9. The molecule has 12 N–H and O–H groups in total. The van der Waals surface area contributed by atoms with E-state index in [4.69, 9.17) is 87.5 Å². The maximum Gasteiger partial charge on any atom is 0.370 e. The standard InChI is InChI=1S/C17H27NO7S.C17H21NO7S.C15H25NO7S.C14H23NO7S.C13H21NO7S.C12H19NO7S/c2*1-10(2)16(24-15(22)12-7-5-4-6-8-12)25-17(23)26-9-13(14(20)21)18-11(3)19;1-8(2)12(22-13(20)15(4,5)6)23-14(21)24-7-10(11(18)19)16-9(3)17;1-7(2)12(19)21-13(8(3)4)22-14(20)23-6-10(11(17)18)15-9(5)16;1-5-10(16)20-12(7(2)3)21-13(19)22-6-9(11(17)18)14-8(4)15;1-6(2)11(19-8(4)15)20-12(18)21-5-9(10(16)17)13-7(3)14/h10,12-13,16H,4-9H2,1-3H3,(H,18,19)(H,20,21);4-8,10,13,16H,9H2,1-3H3,(H,18,19)(H,20,21);8,10,12H,7H2,1-6H3,(H,16,17)(H,18,19);7-8,10,13H,6H2,1-5H3,(H,15,16)(H,17,18);7,9,12H,5-6H2,1-4H3,(H,14,15)(H,17,18);6,9,11H,5H2,1-4H3,(H,13,14)(H,16,17)/t2*13-,16+;10-,12+;10-,13+;9-,12+;9-,11+/m000000/s1. The number of nitrogens with one attached hydrogen (secondary N) is 6. The van der Waals surface area contributed by atoms with Crippen LogP contribution in [0.4, 0.5) is 28.8 Å². The van der Waals surface area contributed by atoms with Crippen molar-refractivity contribution in [2.45, 2.75) is 286 Å². The van der Waals surface area contributed by atoms with Crippen molar-refractivity contribution in [3.05, 3.63) is 35.9 Å². The molecule has 2 rings (SSSR count). The second-order valence-corrected chi connectivity index (χ2v) is 39.3. The molecule has 0 aliphatic heterocycles. The Hall–Kier alpha value is -11.4. The molecule has 0 radical (unpaired) electrons. The number of rotatable bonds is 46. The maximum atomic E-state index is 12.2. The SMILES string of the molecule is CC(=O)N[C@@H](CSC(=O)O[C@@H](OC(=O)C(C)(C)C)C(C)C)C(=O)O.CC(=O)N[C@@H](CSC(=O)O[C@@H](OC(=O)C(C)C)C(C)C)C(=O)O.CC(=O)N[C@@H](CSC(=O)O[C@@H](OC(=O)C1CCCCC1)C(C)C)C(=O)O.CC(=O)N[C@@H](CSC(=O)O[C@@H](OC(=O)c1ccccc1)C(C)C)C(=O)O.CC(=O)N[C@@H](CSC(=O)O[C@@H](OC(C)=O)C(C)C)C(=O)O.CCC(=O)O[C@H](OC(=O)SC[C@H](NC(C)=O)C(=O)O)C(C)C. The molecule has 1 aromatic rings. The van der Waals surface area contributed by atoms with E-state index in [1.165, 1.54) is 48.5 Å². The lowest BCUT2D eigenvalue weighted by Gasteiger charge is -2.25. The van der Waals surface area contributed by atoms with Gasteiger partial charge in [-0.1, -0.05) is 141 Å². The van der Waals surface area contributed by atoms with Gasteiger partial charge in [0.2, 0.25) is 35.4 Å². The van der Waals surface area contributed by atoms with Crippen LogP contribution in [-0.4, -0.2) is 278 Å². The molecule has 1 aromatic carbocycles. The van der Waals surface area contributed by atoms with Gasteiger partial charge in [0.25, 0.3) is 37.7 Å². The molecule has 12 atom stereocenters. The van der Waals surface area contributed by atoms with Crippen molar-refractivity contribution >= 4 is 209 Å². The number of ether oxygens (including phenoxy) is 12. The van der Waals surface area contributed by atoms with Gasteiger partial charge in [-0.05, 0) is 116 Å². The number of carbonyl (C=O) groups is 24. The predicted molar refractivity (Wildman–Crippen MR) is 516 cm³/mol. The molecule has 0 spiro atoms. The first-order chi connectivity index (χ1) is 65.6. The van der Waals surface area contributed by atoms with Crippen molar-refractivity contribution in [3.8, 4) is 0 Å². The zero-order valence-corrected chi connectivity index (χ0v) is 88.6. The summed E-state index contributed by atoms with van der Waals surface area (Å²) in [5, 5.41) is 62.3. The number of thioether (sulfide) groups is 6. The van der Waals surface area contributed by atoms with Gasteiger partial charge in [-0.2, -0.15) is 0 Å². The van der Waals surface area contributed by atoms with Crippen LogP contribution in [0.2, 0.25) is 0 Å². The fraction of sp³-hybridized carbons (Fsp3) is 0.659. The van der Waals surface area contributed by atoms with Crippen LogP contribution >= 0.6 is 70.6 Å². The van der Waals surface area contributed by atoms with E-state index in [1.54, 1.807) is 155 Å². The molecule has 0 bridgehead atoms. The van der Waals surface area contributed by atoms with E-state index in [9.17, 15) is 115 Å². The molecule has 1 fully saturated rings. The van der Waals surface area contributed by atoms with Gasteiger partial charge >= 0.3 is 103 Å². The molecule has 0 unspecified atom stereocenters. The van der Waals surface area contributed by atoms with Gasteiger partial charge in [0, 0.05) is 125 Å². The molecule has 0 aromatic heterocycles. The molecule has 806 valence electrons. The highest BCUT2D eigenvalue weighted by Crippen LogP contribution is 2.29. The smallest absolute Gasteiger partial charge is 0.370 e. The Balaban J connectivity index is -0.000000806. The Labute approximate surface area is 847 Å². The van der Waals surface area contributed by atoms with Crippen molar-refractivity contribution in [2.75, 3.05) is 34.5 Å². The Morgan fingerprint density at radius 3 is 0.768 bits per heavy atom. The molecule has 6 amide bonds. The second kappa shape index (κ2) is 73.6. The molecule has 1 saturated carbocycles. The largest absolute Gasteiger partial charge is 0.480 e. The molecule has 142 heavy (non-hydrogen) atoms. The van der Waals surface area contributed by atoms with E-state index in [1.807, 2.05) is 0 Å². The van der Waals surface area contributed by atoms with Crippen LogP contribution in [-0.2, 0) is 138 Å². The number of carbonyl (C=O) groups excluding carboxylic acids is 18. The summed E-state index contributed by atoms with van der Waals surface area (Å²) >= 11 is 3.53. The Bertz CT molecular complexity index is 4300. The minimum Gasteiger partial charge on any atom is -0.480 e. The van der Waals surface area contributed by atoms with E-state index in [-0.39, 0.29) is 94.3 Å². The molecule has 0 saturated heterocycles. The number of amides is 6. The Morgan fingerprint density at radius 1 is 0.317 bits per heavy atom. The summed E-state index contributed by atoms with van der Waals surface area (Å²) in [4.78, 5) is 272. The fourth-order valence-electron chi connectivity index (χ4n) is 9.19. The summed E-state index contributed by atoms with van der Waals surface area (Å²) in [7, 11) is 0. The van der Waals surface area contributed by atoms with E-state index in [2.05, 4.69) is 31.9 Å². The first-order valence-electron chi connectivity index (χ1n) is 43.8. The van der Waals surface area contributed by atoms with Crippen molar-refractivity contribution in [2.24, 2.45) is 52.8 Å². The van der Waals surface area contributed by atoms with Gasteiger partial charge < -0.3 is 119 Å². The lowest BCUT2D eigenvalue weighted by atomic mass is 9.89. The second-order valence-electron chi connectivity index (χ2n) is 33.5. The average Bonchev–Trinajstić information content (AvgIpc) is 0.885. The highest BCUT2D eigenvalue weighted by atomic mass is 32.2. The minimum atomic E-state index is -1.27. The molecule has 48 nitrogen and oxygen atoms in total. The average molecular weight is 2140 g/mol. The van der Waals surface area contributed by atoms with E-state index in [0.717, 1.165) is 32.1 Å². The van der Waals surface area contributed by atoms with E-state index >= 15 is 0 Å². The lowest BCUT2D eigenvalue weighted by Crippen LogP contribution is -2.41. The maximum absolute atomic E-state index is 12.2. The first kappa shape index (κ1) is 137. The van der Waals surface area contributed by atoms with Gasteiger partial charge in [-0.3, -0.25) is 52.7 Å². The van der Waals surface area contributed by atoms with Crippen LogP contribution in [0.15, 0.2) is 30.3 Å². The number of esters is 6. The third-order valence-electron chi connectivity index (χ3n) is 16.6. The van der Waals surface area contributed by atoms with Gasteiger partial charge in [0.05, 0.1) is 22.8 Å². The molecule has 0 heterocycles. The van der Waals surface area contributed by atoms with Crippen molar-refractivity contribution in [1.29, 1.82) is 0 Å². The van der Waals surface area contributed by atoms with Crippen molar-refractivity contribution in [3.63, 3.8) is 0 Å². The number of aliphatic carboxylic acids is 6. The Kier molecular flexibility index (Phi) is 71.0. The summed E-state index contributed by atoms with van der Waals surface area (Å²) in [5.74, 6) is -17.0. The quantitative estimate of drug-likeness (QED) is 0.0164. The number of carboxylic acids is 6. The summed E-state index contributed by atoms with van der Waals surface area (Å²) < 4.78 is 61.0. The number of benzene rings is 1. The number of hydrogen-bond acceptors (Lipinski definition) is 42. The number of carboxylic acid groups (broad SMARTS) is 6. The Morgan fingerprint density at radius 2 is 0.549 bits per heavy atom. The van der Waals surface area contributed by atoms with Crippen LogP contribution in [0, 0.1) is 52.8 Å². The lowest BCUT2D eigenvalue weighted by molar-refractivity contribution is -0.183. The molecule has 1 aliphatic carbocycles. The fourth-order valence-corrected chi connectivity index (χ4v) is 13.3. The van der Waals surface area contributed by atoms with Gasteiger partial charge in [-0.15, -0.1) is 0 Å². The van der Waals surface area contributed by atoms with Crippen molar-refractivity contribution < 1.29 is 203 Å². The van der Waals surface area contributed by atoms with Gasteiger partial charge in [0.15, 0.2) is 0 Å². The molecular formula is C88H136N6O42S6. The minimum absolute atomic E-state index is 0.150. The topological polar surface area (TPSA) is 714 Å². The molecule has 54 heteroatoms. The highest BCUT2D eigenvalue weighted by molar-refractivity contribution is 8.14. The van der Waals surface area contributed by atoms with Crippen LogP contribution in [0.25, 0.3) is 0 Å².